The summed E-state index contributed by atoms with van der Waals surface area (Å²) < 4.78 is 6.89. The average molecular weight is 697 g/mol. The minimum atomic E-state index is -0.549. The van der Waals surface area contributed by atoms with Crippen molar-refractivity contribution in [3.63, 3.8) is 0 Å². The van der Waals surface area contributed by atoms with Crippen LogP contribution in [0, 0.1) is 11.3 Å². The van der Waals surface area contributed by atoms with Crippen LogP contribution in [0.25, 0.3) is 22.2 Å². The van der Waals surface area contributed by atoms with Crippen LogP contribution in [0.1, 0.15) is 11.4 Å². The molecule has 14 heteroatoms. The smallest absolute Gasteiger partial charge is 0.280 e. The molecule has 0 aliphatic carbocycles. The van der Waals surface area contributed by atoms with Crippen molar-refractivity contribution in [2.75, 3.05) is 16.5 Å². The fourth-order valence-corrected chi connectivity index (χ4v) is 5.70. The summed E-state index contributed by atoms with van der Waals surface area (Å²) in [4.78, 5) is 40.6. The predicted octanol–water partition coefficient (Wildman–Crippen LogP) is 6.92. The number of benzene rings is 4. The number of phenols is 1. The van der Waals surface area contributed by atoms with Crippen LogP contribution in [0.3, 0.4) is 0 Å². The van der Waals surface area contributed by atoms with Crippen molar-refractivity contribution in [1.82, 2.24) is 19.6 Å². The molecule has 0 spiro atoms. The van der Waals surface area contributed by atoms with Crippen molar-refractivity contribution in [3.8, 4) is 28.8 Å². The van der Waals surface area contributed by atoms with Crippen LogP contribution in [0.2, 0.25) is 10.0 Å². The van der Waals surface area contributed by atoms with Gasteiger partial charge in [0, 0.05) is 16.3 Å². The molecular formula is C34H23Cl2N7O4S. The first-order valence-corrected chi connectivity index (χ1v) is 16.0. The van der Waals surface area contributed by atoms with E-state index in [4.69, 9.17) is 27.9 Å². The first-order valence-electron chi connectivity index (χ1n) is 14.2. The molecule has 0 atom stereocenters. The molecular weight excluding hydrogens is 673 g/mol. The lowest BCUT2D eigenvalue weighted by molar-refractivity contribution is -0.114. The van der Waals surface area contributed by atoms with Crippen LogP contribution < -0.4 is 21.0 Å². The monoisotopic (exact) mass is 695 g/mol. The second kappa shape index (κ2) is 14.4. The molecule has 0 fully saturated rings. The van der Waals surface area contributed by atoms with E-state index in [2.05, 4.69) is 31.8 Å². The predicted molar refractivity (Wildman–Crippen MR) is 185 cm³/mol. The topological polar surface area (TPSA) is 155 Å². The number of carbonyl (C=O) groups is 1. The highest BCUT2D eigenvalue weighted by atomic mass is 35.5. The number of nitrogens with zero attached hydrogens (tertiary/aromatic N) is 5. The zero-order valence-corrected chi connectivity index (χ0v) is 27.1. The summed E-state index contributed by atoms with van der Waals surface area (Å²) in [5.41, 5.74) is 4.38. The van der Waals surface area contributed by atoms with E-state index in [9.17, 15) is 20.0 Å². The van der Waals surface area contributed by atoms with Gasteiger partial charge in [-0.15, -0.1) is 0 Å². The first-order chi connectivity index (χ1) is 23.3. The fraction of sp³-hybridized carbons (Fsp3) is 0.0588. The Bertz CT molecular complexity index is 2240. The minimum Gasteiger partial charge on any atom is -0.508 e. The quantitative estimate of drug-likeness (QED) is 0.0781. The standard InChI is InChI=1S/C34H23Cl2N7O4S/c35-21-10-15-28(26(36)16-21)47-18-29-39-27-9-5-4-8-24(27)33(46)43(29)42-30(45)19-48-34-40-31(20-6-2-1-3-7-20)25(17-37)32(41-34)38-22-11-13-23(44)14-12-22/h1-16,44H,18-19H2,(H,42,45)(H,38,40,41). The Morgan fingerprint density at radius 2 is 1.71 bits per heavy atom. The van der Waals surface area contributed by atoms with Crippen LogP contribution in [-0.2, 0) is 11.4 Å². The van der Waals surface area contributed by atoms with Gasteiger partial charge in [0.05, 0.1) is 27.4 Å². The van der Waals surface area contributed by atoms with Gasteiger partial charge in [-0.2, -0.15) is 9.94 Å². The van der Waals surface area contributed by atoms with Crippen molar-refractivity contribution >= 4 is 63.3 Å². The molecule has 0 radical (unpaired) electrons. The molecule has 0 aliphatic heterocycles. The molecule has 1 amide bonds. The van der Waals surface area contributed by atoms with Crippen molar-refractivity contribution in [3.05, 3.63) is 129 Å². The number of nitrogens with one attached hydrogen (secondary N) is 2. The maximum atomic E-state index is 13.5. The zero-order valence-electron chi connectivity index (χ0n) is 24.7. The van der Waals surface area contributed by atoms with Gasteiger partial charge in [-0.25, -0.2) is 15.0 Å². The van der Waals surface area contributed by atoms with Gasteiger partial charge in [-0.05, 0) is 54.6 Å². The van der Waals surface area contributed by atoms with E-state index in [0.29, 0.717) is 38.6 Å². The third-order valence-electron chi connectivity index (χ3n) is 6.84. The third kappa shape index (κ3) is 7.34. The number of thioether (sulfide) groups is 1. The number of nitriles is 1. The summed E-state index contributed by atoms with van der Waals surface area (Å²) in [6.07, 6.45) is 0. The lowest BCUT2D eigenvalue weighted by Gasteiger charge is -2.16. The second-order valence-corrected chi connectivity index (χ2v) is 11.9. The Morgan fingerprint density at radius 3 is 2.46 bits per heavy atom. The average Bonchev–Trinajstić information content (AvgIpc) is 3.09. The second-order valence-electron chi connectivity index (χ2n) is 10.1. The molecule has 2 aromatic heterocycles. The van der Waals surface area contributed by atoms with E-state index < -0.39 is 11.5 Å². The minimum absolute atomic E-state index is 0.0835. The fourth-order valence-electron chi connectivity index (χ4n) is 4.60. The Kier molecular flexibility index (Phi) is 9.73. The summed E-state index contributed by atoms with van der Waals surface area (Å²) in [5.74, 6) is 0.00862. The molecule has 48 heavy (non-hydrogen) atoms. The summed E-state index contributed by atoms with van der Waals surface area (Å²) >= 11 is 13.3. The molecule has 0 aliphatic rings. The Morgan fingerprint density at radius 1 is 0.958 bits per heavy atom. The highest BCUT2D eigenvalue weighted by Gasteiger charge is 2.19. The van der Waals surface area contributed by atoms with Gasteiger partial charge in [0.1, 0.15) is 29.7 Å². The molecule has 2 heterocycles. The SMILES string of the molecule is N#Cc1c(Nc2ccc(O)cc2)nc(SCC(=O)Nn2c(COc3ccc(Cl)cc3Cl)nc3ccccc3c2=O)nc1-c1ccccc1. The number of aromatic nitrogens is 4. The summed E-state index contributed by atoms with van der Waals surface area (Å²) in [6, 6.07) is 29.1. The molecule has 4 aromatic carbocycles. The third-order valence-corrected chi connectivity index (χ3v) is 8.22. The highest BCUT2D eigenvalue weighted by molar-refractivity contribution is 7.99. The number of carbonyl (C=O) groups excluding carboxylic acids is 1. The number of fused-ring (bicyclic) bond motifs is 1. The molecule has 0 saturated heterocycles. The number of halogens is 2. The van der Waals surface area contributed by atoms with Gasteiger partial charge in [0.25, 0.3) is 5.56 Å². The molecule has 238 valence electrons. The van der Waals surface area contributed by atoms with Crippen molar-refractivity contribution in [2.24, 2.45) is 0 Å². The lowest BCUT2D eigenvalue weighted by atomic mass is 10.1. The normalized spacial score (nSPS) is 10.8. The van der Waals surface area contributed by atoms with Gasteiger partial charge < -0.3 is 15.2 Å². The molecule has 0 bridgehead atoms. The lowest BCUT2D eigenvalue weighted by Crippen LogP contribution is -2.37. The maximum Gasteiger partial charge on any atom is 0.280 e. The number of rotatable bonds is 10. The maximum absolute atomic E-state index is 13.5. The number of aromatic hydroxyl groups is 1. The van der Waals surface area contributed by atoms with Crippen molar-refractivity contribution < 1.29 is 14.6 Å². The molecule has 6 aromatic rings. The van der Waals surface area contributed by atoms with Crippen LogP contribution in [-0.4, -0.2) is 36.4 Å². The largest absolute Gasteiger partial charge is 0.508 e. The first kappa shape index (κ1) is 32.3. The van der Waals surface area contributed by atoms with Gasteiger partial charge in [-0.3, -0.25) is 15.0 Å². The number of amides is 1. The van der Waals surface area contributed by atoms with Gasteiger partial charge in [0.15, 0.2) is 16.8 Å². The molecule has 11 nitrogen and oxygen atoms in total. The van der Waals surface area contributed by atoms with Crippen molar-refractivity contribution in [2.45, 2.75) is 11.8 Å². The van der Waals surface area contributed by atoms with Gasteiger partial charge in [-0.1, -0.05) is 77.4 Å². The molecule has 6 rings (SSSR count). The van der Waals surface area contributed by atoms with Gasteiger partial charge >= 0.3 is 0 Å². The van der Waals surface area contributed by atoms with E-state index >= 15 is 0 Å². The Hall–Kier alpha value is -5.61. The molecule has 3 N–H and O–H groups in total. The van der Waals surface area contributed by atoms with E-state index in [0.717, 1.165) is 16.4 Å². The van der Waals surface area contributed by atoms with Crippen LogP contribution in [0.4, 0.5) is 11.5 Å². The summed E-state index contributed by atoms with van der Waals surface area (Å²) in [6.45, 7) is -0.194. The molecule has 0 saturated carbocycles. The number of anilines is 2. The number of hydrogen-bond acceptors (Lipinski definition) is 10. The van der Waals surface area contributed by atoms with Crippen LogP contribution in [0.5, 0.6) is 11.5 Å². The van der Waals surface area contributed by atoms with E-state index in [1.54, 1.807) is 48.5 Å². The zero-order chi connectivity index (χ0) is 33.6. The summed E-state index contributed by atoms with van der Waals surface area (Å²) in [7, 11) is 0. The highest BCUT2D eigenvalue weighted by Crippen LogP contribution is 2.31. The van der Waals surface area contributed by atoms with Gasteiger partial charge in [0.2, 0.25) is 5.91 Å². The van der Waals surface area contributed by atoms with E-state index in [1.165, 1.54) is 18.2 Å². The number of hydrogen-bond donors (Lipinski definition) is 3. The van der Waals surface area contributed by atoms with E-state index in [1.807, 2.05) is 30.3 Å². The Balaban J connectivity index is 1.28. The summed E-state index contributed by atoms with van der Waals surface area (Å²) in [5, 5.41) is 24.1. The van der Waals surface area contributed by atoms with Crippen LogP contribution in [0.15, 0.2) is 107 Å². The number of para-hydroxylation sites is 1. The van der Waals surface area contributed by atoms with Crippen LogP contribution >= 0.6 is 35.0 Å². The van der Waals surface area contributed by atoms with E-state index in [-0.39, 0.29) is 45.5 Å². The number of phenolic OH excluding ortho intramolecular Hbond substituents is 1. The number of ether oxygens (including phenoxy) is 1. The van der Waals surface area contributed by atoms with Crippen molar-refractivity contribution in [1.29, 1.82) is 5.26 Å². The Labute approximate surface area is 287 Å². The molecule has 0 unspecified atom stereocenters.